The Bertz CT molecular complexity index is 1480. The Labute approximate surface area is 211 Å². The lowest BCUT2D eigenvalue weighted by Gasteiger charge is -2.19. The Hall–Kier alpha value is -3.22. The van der Waals surface area contributed by atoms with Gasteiger partial charge in [0.2, 0.25) is 16.8 Å². The average molecular weight is 532 g/mol. The van der Waals surface area contributed by atoms with Gasteiger partial charge in [-0.25, -0.2) is 8.42 Å². The first kappa shape index (κ1) is 24.5. The van der Waals surface area contributed by atoms with Gasteiger partial charge in [0, 0.05) is 30.8 Å². The molecule has 0 spiro atoms. The van der Waals surface area contributed by atoms with Gasteiger partial charge >= 0.3 is 5.97 Å². The highest BCUT2D eigenvalue weighted by molar-refractivity contribution is 7.89. The molecule has 1 saturated heterocycles. The summed E-state index contributed by atoms with van der Waals surface area (Å²) in [5.41, 5.74) is 0.890. The number of esters is 1. The van der Waals surface area contributed by atoms with Crippen molar-refractivity contribution in [3.8, 4) is 11.5 Å². The molecule has 0 bridgehead atoms. The molecular weight excluding hydrogens is 506 g/mol. The molecule has 1 fully saturated rings. The Balaban J connectivity index is 1.47. The molecule has 0 radical (unpaired) electrons. The van der Waals surface area contributed by atoms with Crippen molar-refractivity contribution in [2.24, 2.45) is 4.99 Å². The number of benzene rings is 2. The van der Waals surface area contributed by atoms with Gasteiger partial charge in [-0.1, -0.05) is 24.2 Å². The van der Waals surface area contributed by atoms with Gasteiger partial charge in [-0.2, -0.15) is 9.30 Å². The second kappa shape index (κ2) is 10.0. The Morgan fingerprint density at radius 2 is 1.69 bits per heavy atom. The van der Waals surface area contributed by atoms with Gasteiger partial charge in [-0.3, -0.25) is 9.59 Å². The summed E-state index contributed by atoms with van der Waals surface area (Å²) < 4.78 is 45.6. The molecule has 0 atom stereocenters. The first-order valence-corrected chi connectivity index (χ1v) is 13.8. The van der Waals surface area contributed by atoms with Crippen LogP contribution in [0, 0.1) is 0 Å². The van der Waals surface area contributed by atoms with Crippen LogP contribution in [0.5, 0.6) is 11.5 Å². The van der Waals surface area contributed by atoms with E-state index >= 15 is 0 Å². The zero-order chi connectivity index (χ0) is 25.3. The van der Waals surface area contributed by atoms with Crippen LogP contribution < -0.4 is 14.3 Å². The molecule has 12 heteroatoms. The van der Waals surface area contributed by atoms with Gasteiger partial charge in [0.15, 0.2) is 16.3 Å². The predicted octanol–water partition coefficient (Wildman–Crippen LogP) is 2.91. The Morgan fingerprint density at radius 1 is 1.03 bits per heavy atom. The smallest absolute Gasteiger partial charge is 0.325 e. The van der Waals surface area contributed by atoms with Gasteiger partial charge in [-0.05, 0) is 37.1 Å². The zero-order valence-electron chi connectivity index (χ0n) is 19.6. The SMILES string of the molecule is COC(=O)Cn1c(=NC(=O)c2ccc(S(=O)(=O)N3CCCCCC3)cc2)sc2cc3c(cc21)OCO3. The van der Waals surface area contributed by atoms with Crippen LogP contribution in [0.3, 0.4) is 0 Å². The standard InChI is InChI=1S/C24H25N3O7S2/c1-32-22(28)14-27-18-12-19-20(34-15-33-19)13-21(18)35-24(27)25-23(29)16-6-8-17(9-7-16)36(30,31)26-10-4-2-3-5-11-26/h6-9,12-13H,2-5,10-11,14-15H2,1H3. The number of carbonyl (C=O) groups excluding carboxylic acids is 2. The van der Waals surface area contributed by atoms with Crippen LogP contribution in [0.4, 0.5) is 0 Å². The minimum Gasteiger partial charge on any atom is -0.468 e. The summed E-state index contributed by atoms with van der Waals surface area (Å²) >= 11 is 1.22. The summed E-state index contributed by atoms with van der Waals surface area (Å²) in [6.45, 7) is 0.978. The number of rotatable bonds is 5. The molecule has 1 aromatic heterocycles. The normalized spacial score (nSPS) is 16.8. The fraction of sp³-hybridized carbons (Fsp3) is 0.375. The van der Waals surface area contributed by atoms with Crippen molar-refractivity contribution in [2.45, 2.75) is 37.1 Å². The molecule has 1 amide bonds. The molecule has 3 aromatic rings. The minimum atomic E-state index is -3.62. The summed E-state index contributed by atoms with van der Waals surface area (Å²) in [6, 6.07) is 9.33. The topological polar surface area (TPSA) is 117 Å². The van der Waals surface area contributed by atoms with Crippen molar-refractivity contribution in [3.63, 3.8) is 0 Å². The number of hydrogen-bond donors (Lipinski definition) is 0. The summed E-state index contributed by atoms with van der Waals surface area (Å²) in [5, 5.41) is 0. The first-order valence-electron chi connectivity index (χ1n) is 11.6. The van der Waals surface area contributed by atoms with Crippen LogP contribution in [0.2, 0.25) is 0 Å². The van der Waals surface area contributed by atoms with Gasteiger partial charge in [0.1, 0.15) is 6.54 Å². The highest BCUT2D eigenvalue weighted by Gasteiger charge is 2.25. The number of nitrogens with zero attached hydrogens (tertiary/aromatic N) is 3. The summed E-state index contributed by atoms with van der Waals surface area (Å²) in [4.78, 5) is 29.8. The minimum absolute atomic E-state index is 0.114. The van der Waals surface area contributed by atoms with Crippen LogP contribution >= 0.6 is 11.3 Å². The maximum Gasteiger partial charge on any atom is 0.325 e. The quantitative estimate of drug-likeness (QED) is 0.465. The number of thiazole rings is 1. The summed E-state index contributed by atoms with van der Waals surface area (Å²) in [6.07, 6.45) is 3.74. The number of amides is 1. The molecular formula is C24H25N3O7S2. The molecule has 10 nitrogen and oxygen atoms in total. The summed E-state index contributed by atoms with van der Waals surface area (Å²) in [5.74, 6) is 0.0642. The third-order valence-electron chi connectivity index (χ3n) is 6.19. The van der Waals surface area contributed by atoms with Crippen LogP contribution in [-0.2, 0) is 26.1 Å². The molecule has 0 aliphatic carbocycles. The van der Waals surface area contributed by atoms with Crippen LogP contribution in [0.1, 0.15) is 36.0 Å². The fourth-order valence-electron chi connectivity index (χ4n) is 4.24. The molecule has 0 saturated carbocycles. The molecule has 3 heterocycles. The number of sulfonamides is 1. The second-order valence-corrected chi connectivity index (χ2v) is 11.4. The lowest BCUT2D eigenvalue weighted by Crippen LogP contribution is -2.31. The third kappa shape index (κ3) is 4.75. The van der Waals surface area contributed by atoms with Gasteiger partial charge in [-0.15, -0.1) is 0 Å². The first-order chi connectivity index (χ1) is 17.4. The second-order valence-electron chi connectivity index (χ2n) is 8.48. The maximum atomic E-state index is 13.0. The van der Waals surface area contributed by atoms with Gasteiger partial charge in [0.25, 0.3) is 5.91 Å². The predicted molar refractivity (Wildman–Crippen MR) is 132 cm³/mol. The number of ether oxygens (including phenoxy) is 3. The van der Waals surface area contributed by atoms with Crippen LogP contribution in [-0.4, -0.2) is 56.2 Å². The van der Waals surface area contributed by atoms with E-state index in [4.69, 9.17) is 14.2 Å². The van der Waals surface area contributed by atoms with Gasteiger partial charge in [0.05, 0.1) is 22.2 Å². The number of aromatic nitrogens is 1. The third-order valence-corrected chi connectivity index (χ3v) is 9.15. The molecule has 2 aromatic carbocycles. The lowest BCUT2D eigenvalue weighted by atomic mass is 10.2. The van der Waals surface area contributed by atoms with E-state index in [1.165, 1.54) is 47.0 Å². The monoisotopic (exact) mass is 531 g/mol. The number of hydrogen-bond acceptors (Lipinski definition) is 8. The Morgan fingerprint density at radius 3 is 2.36 bits per heavy atom. The highest BCUT2D eigenvalue weighted by Crippen LogP contribution is 2.37. The van der Waals surface area contributed by atoms with Gasteiger partial charge < -0.3 is 18.8 Å². The average Bonchev–Trinajstić information content (AvgIpc) is 3.33. The molecule has 2 aliphatic rings. The van der Waals surface area contributed by atoms with Crippen molar-refractivity contribution >= 4 is 43.5 Å². The van der Waals surface area contributed by atoms with E-state index in [9.17, 15) is 18.0 Å². The van der Waals surface area contributed by atoms with Crippen molar-refractivity contribution in [2.75, 3.05) is 27.0 Å². The van der Waals surface area contributed by atoms with Crippen molar-refractivity contribution in [1.29, 1.82) is 0 Å². The number of carbonyl (C=O) groups is 2. The highest BCUT2D eigenvalue weighted by atomic mass is 32.2. The lowest BCUT2D eigenvalue weighted by molar-refractivity contribution is -0.141. The van der Waals surface area contributed by atoms with Crippen LogP contribution in [0.25, 0.3) is 10.2 Å². The molecule has 190 valence electrons. The van der Waals surface area contributed by atoms with E-state index in [1.54, 1.807) is 16.7 Å². The van der Waals surface area contributed by atoms with E-state index < -0.39 is 21.9 Å². The van der Waals surface area contributed by atoms with Crippen molar-refractivity contribution < 1.29 is 32.2 Å². The summed E-state index contributed by atoms with van der Waals surface area (Å²) in [7, 11) is -2.33. The number of fused-ring (bicyclic) bond motifs is 2. The van der Waals surface area contributed by atoms with E-state index in [1.807, 2.05) is 0 Å². The molecule has 2 aliphatic heterocycles. The van der Waals surface area contributed by atoms with Crippen LogP contribution in [0.15, 0.2) is 46.3 Å². The fourth-order valence-corrected chi connectivity index (χ4v) is 6.80. The van der Waals surface area contributed by atoms with E-state index in [2.05, 4.69) is 4.99 Å². The number of methoxy groups -OCH3 is 1. The largest absolute Gasteiger partial charge is 0.468 e. The van der Waals surface area contributed by atoms with Crippen molar-refractivity contribution in [1.82, 2.24) is 8.87 Å². The molecule has 0 N–H and O–H groups in total. The Kier molecular flexibility index (Phi) is 6.82. The molecule has 5 rings (SSSR count). The zero-order valence-corrected chi connectivity index (χ0v) is 21.3. The van der Waals surface area contributed by atoms with E-state index in [-0.39, 0.29) is 23.8 Å². The van der Waals surface area contributed by atoms with Crippen molar-refractivity contribution in [3.05, 3.63) is 46.8 Å². The molecule has 36 heavy (non-hydrogen) atoms. The molecule has 0 unspecified atom stereocenters. The van der Waals surface area contributed by atoms with E-state index in [0.29, 0.717) is 34.9 Å². The maximum absolute atomic E-state index is 13.0. The van der Waals surface area contributed by atoms with E-state index in [0.717, 1.165) is 30.4 Å².